The zero-order valence-corrected chi connectivity index (χ0v) is 19.2. The van der Waals surface area contributed by atoms with Crippen molar-refractivity contribution in [2.45, 2.75) is 25.5 Å². The lowest BCUT2D eigenvalue weighted by Gasteiger charge is -2.19. The number of aryl methyl sites for hydroxylation is 2. The maximum atomic E-state index is 13.5. The van der Waals surface area contributed by atoms with Crippen molar-refractivity contribution in [1.29, 1.82) is 5.26 Å². The second-order valence-electron chi connectivity index (χ2n) is 7.86. The first-order valence-electron chi connectivity index (χ1n) is 10.6. The minimum absolute atomic E-state index is 0.0786. The fraction of sp³-hybridized carbons (Fsp3) is 0.148. The lowest BCUT2D eigenvalue weighted by molar-refractivity contribution is -0.117. The fourth-order valence-electron chi connectivity index (χ4n) is 3.67. The first-order chi connectivity index (χ1) is 16.0. The quantitative estimate of drug-likeness (QED) is 0.416. The second-order valence-corrected chi connectivity index (χ2v) is 9.05. The summed E-state index contributed by atoms with van der Waals surface area (Å²) in [6, 6.07) is 26.5. The van der Waals surface area contributed by atoms with Crippen LogP contribution in [0, 0.1) is 25.2 Å². The summed E-state index contributed by atoms with van der Waals surface area (Å²) in [5.41, 5.74) is 4.38. The van der Waals surface area contributed by atoms with E-state index in [-0.39, 0.29) is 11.5 Å². The molecule has 1 aliphatic rings. The maximum absolute atomic E-state index is 13.5. The Labute approximate surface area is 197 Å². The van der Waals surface area contributed by atoms with Gasteiger partial charge in [-0.05, 0) is 55.7 Å². The molecular weight excluding hydrogens is 430 g/mol. The average molecular weight is 454 g/mol. The summed E-state index contributed by atoms with van der Waals surface area (Å²) in [5.74, 6) is -0.671. The number of anilines is 2. The van der Waals surface area contributed by atoms with E-state index in [0.717, 1.165) is 16.7 Å². The summed E-state index contributed by atoms with van der Waals surface area (Å²) in [7, 11) is 0. The van der Waals surface area contributed by atoms with Crippen molar-refractivity contribution >= 4 is 35.0 Å². The first-order valence-corrected chi connectivity index (χ1v) is 11.5. The average Bonchev–Trinajstić information content (AvgIpc) is 3.12. The molecule has 0 bridgehead atoms. The molecule has 1 aliphatic heterocycles. The Morgan fingerprint density at radius 1 is 1.00 bits per heavy atom. The number of nitrogens with one attached hydrogen (secondary N) is 1. The van der Waals surface area contributed by atoms with E-state index in [1.54, 1.807) is 24.3 Å². The van der Waals surface area contributed by atoms with E-state index in [4.69, 9.17) is 0 Å². The Morgan fingerprint density at radius 2 is 1.67 bits per heavy atom. The molecule has 1 saturated heterocycles. The summed E-state index contributed by atoms with van der Waals surface area (Å²) in [6.07, 6.45) is 0.515. The third-order valence-electron chi connectivity index (χ3n) is 5.50. The second kappa shape index (κ2) is 9.76. The third kappa shape index (κ3) is 4.84. The molecule has 6 heteroatoms. The molecule has 1 atom stereocenters. The smallest absolute Gasteiger partial charge is 0.269 e. The van der Waals surface area contributed by atoms with Gasteiger partial charge in [0.1, 0.15) is 16.7 Å². The number of rotatable bonds is 5. The van der Waals surface area contributed by atoms with Gasteiger partial charge in [0.05, 0.1) is 5.25 Å². The molecule has 1 fully saturated rings. The Hall–Kier alpha value is -3.82. The van der Waals surface area contributed by atoms with Gasteiger partial charge < -0.3 is 5.32 Å². The molecule has 1 unspecified atom stereocenters. The zero-order chi connectivity index (χ0) is 23.4. The van der Waals surface area contributed by atoms with Gasteiger partial charge in [0.2, 0.25) is 5.91 Å². The van der Waals surface area contributed by atoms with E-state index >= 15 is 0 Å². The van der Waals surface area contributed by atoms with E-state index in [1.807, 2.05) is 74.5 Å². The number of benzene rings is 3. The predicted octanol–water partition coefficient (Wildman–Crippen LogP) is 5.37. The molecule has 0 spiro atoms. The Balaban J connectivity index is 1.74. The summed E-state index contributed by atoms with van der Waals surface area (Å²) in [5, 5.41) is 12.6. The largest absolute Gasteiger partial charge is 0.321 e. The lowest BCUT2D eigenvalue weighted by Crippen LogP contribution is -2.31. The summed E-state index contributed by atoms with van der Waals surface area (Å²) in [6.45, 7) is 3.98. The van der Waals surface area contributed by atoms with Crippen molar-refractivity contribution in [3.63, 3.8) is 0 Å². The number of para-hydroxylation sites is 1. The standard InChI is InChI=1S/C27H23N3O2S/c1-18-12-14-22(15-13-18)30-26(32)24(16-20-9-7-6-8-19(20)2)33-27(30)23(17-28)25(31)29-21-10-4-3-5-11-21/h3-15,24H,16H2,1-2H3,(H,29,31). The van der Waals surface area contributed by atoms with E-state index in [2.05, 4.69) is 5.32 Å². The van der Waals surface area contributed by atoms with Crippen molar-refractivity contribution in [2.75, 3.05) is 10.2 Å². The van der Waals surface area contributed by atoms with Crippen molar-refractivity contribution in [1.82, 2.24) is 0 Å². The van der Waals surface area contributed by atoms with E-state index in [0.29, 0.717) is 22.8 Å². The van der Waals surface area contributed by atoms with Gasteiger partial charge in [-0.1, -0.05) is 71.9 Å². The van der Waals surface area contributed by atoms with Crippen LogP contribution < -0.4 is 10.2 Å². The van der Waals surface area contributed by atoms with Crippen LogP contribution in [0.2, 0.25) is 0 Å². The molecule has 5 nitrogen and oxygen atoms in total. The molecule has 4 rings (SSSR count). The van der Waals surface area contributed by atoms with Crippen molar-refractivity contribution in [3.05, 3.63) is 106 Å². The molecule has 0 saturated carbocycles. The Morgan fingerprint density at radius 3 is 2.33 bits per heavy atom. The fourth-order valence-corrected chi connectivity index (χ4v) is 4.97. The van der Waals surface area contributed by atoms with Gasteiger partial charge >= 0.3 is 0 Å². The highest BCUT2D eigenvalue weighted by atomic mass is 32.2. The van der Waals surface area contributed by atoms with Crippen molar-refractivity contribution in [2.24, 2.45) is 0 Å². The number of hydrogen-bond donors (Lipinski definition) is 1. The molecule has 33 heavy (non-hydrogen) atoms. The number of amides is 2. The minimum Gasteiger partial charge on any atom is -0.321 e. The molecular formula is C27H23N3O2S. The van der Waals surface area contributed by atoms with Crippen LogP contribution in [0.4, 0.5) is 11.4 Å². The van der Waals surface area contributed by atoms with Gasteiger partial charge in [0, 0.05) is 11.4 Å². The predicted molar refractivity (Wildman–Crippen MR) is 133 cm³/mol. The number of nitriles is 1. The molecule has 0 aromatic heterocycles. The van der Waals surface area contributed by atoms with Gasteiger partial charge in [0.15, 0.2) is 0 Å². The summed E-state index contributed by atoms with van der Waals surface area (Å²) < 4.78 is 0. The zero-order valence-electron chi connectivity index (χ0n) is 18.4. The molecule has 0 radical (unpaired) electrons. The topological polar surface area (TPSA) is 73.2 Å². The number of thioether (sulfide) groups is 1. The lowest BCUT2D eigenvalue weighted by atomic mass is 10.0. The summed E-state index contributed by atoms with van der Waals surface area (Å²) in [4.78, 5) is 28.1. The highest BCUT2D eigenvalue weighted by Gasteiger charge is 2.41. The Bertz CT molecular complexity index is 1260. The number of carbonyl (C=O) groups excluding carboxylic acids is 2. The van der Waals surface area contributed by atoms with Crippen LogP contribution in [0.15, 0.2) is 89.5 Å². The molecule has 3 aromatic carbocycles. The minimum atomic E-state index is -0.535. The van der Waals surface area contributed by atoms with Crippen LogP contribution in [0.3, 0.4) is 0 Å². The third-order valence-corrected chi connectivity index (χ3v) is 6.76. The monoisotopic (exact) mass is 453 g/mol. The van der Waals surface area contributed by atoms with E-state index < -0.39 is 11.2 Å². The van der Waals surface area contributed by atoms with Crippen molar-refractivity contribution in [3.8, 4) is 6.07 Å². The maximum Gasteiger partial charge on any atom is 0.269 e. The molecule has 0 aliphatic carbocycles. The first kappa shape index (κ1) is 22.4. The molecule has 3 aromatic rings. The highest BCUT2D eigenvalue weighted by Crippen LogP contribution is 2.42. The Kier molecular flexibility index (Phi) is 6.62. The van der Waals surface area contributed by atoms with Crippen LogP contribution >= 0.6 is 11.8 Å². The van der Waals surface area contributed by atoms with E-state index in [1.165, 1.54) is 16.7 Å². The normalized spacial score (nSPS) is 16.9. The molecule has 164 valence electrons. The van der Waals surface area contributed by atoms with Crippen molar-refractivity contribution < 1.29 is 9.59 Å². The van der Waals surface area contributed by atoms with Gasteiger partial charge in [-0.25, -0.2) is 0 Å². The van der Waals surface area contributed by atoms with Gasteiger partial charge in [0.25, 0.3) is 5.91 Å². The van der Waals surface area contributed by atoms with Crippen LogP contribution in [0.1, 0.15) is 16.7 Å². The number of hydrogen-bond acceptors (Lipinski definition) is 4. The van der Waals surface area contributed by atoms with Gasteiger partial charge in [-0.3, -0.25) is 14.5 Å². The van der Waals surface area contributed by atoms with Crippen LogP contribution in [-0.4, -0.2) is 17.1 Å². The highest BCUT2D eigenvalue weighted by molar-refractivity contribution is 8.05. The molecule has 1 N–H and O–H groups in total. The van der Waals surface area contributed by atoms with Crippen LogP contribution in [0.25, 0.3) is 0 Å². The van der Waals surface area contributed by atoms with E-state index in [9.17, 15) is 14.9 Å². The molecule has 1 heterocycles. The number of nitrogens with zero attached hydrogens (tertiary/aromatic N) is 2. The summed E-state index contributed by atoms with van der Waals surface area (Å²) >= 11 is 1.27. The number of carbonyl (C=O) groups is 2. The van der Waals surface area contributed by atoms with Crippen LogP contribution in [0.5, 0.6) is 0 Å². The SMILES string of the molecule is Cc1ccc(N2C(=O)C(Cc3ccccc3C)SC2=C(C#N)C(=O)Nc2ccccc2)cc1. The van der Waals surface area contributed by atoms with Crippen LogP contribution in [-0.2, 0) is 16.0 Å². The van der Waals surface area contributed by atoms with Gasteiger partial charge in [-0.2, -0.15) is 5.26 Å². The van der Waals surface area contributed by atoms with Gasteiger partial charge in [-0.15, -0.1) is 0 Å². The molecule has 2 amide bonds.